The lowest BCUT2D eigenvalue weighted by Gasteiger charge is -2.27. The molecule has 2 amide bonds. The highest BCUT2D eigenvalue weighted by molar-refractivity contribution is 7.99. The van der Waals surface area contributed by atoms with E-state index in [0.29, 0.717) is 37.5 Å². The molecule has 7 nitrogen and oxygen atoms in total. The average molecular weight is 640 g/mol. The number of hydrogen-bond donors (Lipinski definition) is 2. The van der Waals surface area contributed by atoms with E-state index in [4.69, 9.17) is 4.74 Å². The number of nitrogens with one attached hydrogen (secondary N) is 2. The van der Waals surface area contributed by atoms with Gasteiger partial charge in [-0.05, 0) is 57.4 Å². The first-order valence-corrected chi connectivity index (χ1v) is 19.7. The van der Waals surface area contributed by atoms with Gasteiger partial charge in [-0.25, -0.2) is 0 Å². The normalized spacial score (nSPS) is 15.1. The first kappa shape index (κ1) is 40.7. The van der Waals surface area contributed by atoms with Crippen molar-refractivity contribution in [3.8, 4) is 0 Å². The van der Waals surface area contributed by atoms with Crippen LogP contribution < -0.4 is 10.6 Å². The van der Waals surface area contributed by atoms with E-state index in [0.717, 1.165) is 64.6 Å². The molecule has 0 aromatic rings. The number of esters is 1. The lowest BCUT2D eigenvalue weighted by atomic mass is 9.93. The van der Waals surface area contributed by atoms with Gasteiger partial charge in [-0.1, -0.05) is 111 Å². The molecule has 0 bridgehead atoms. The Hall–Kier alpha value is -1.28. The highest BCUT2D eigenvalue weighted by atomic mass is 32.2. The largest absolute Gasteiger partial charge is 0.466 e. The van der Waals surface area contributed by atoms with E-state index >= 15 is 0 Å². The summed E-state index contributed by atoms with van der Waals surface area (Å²) in [6, 6.07) is -0.537. The lowest BCUT2D eigenvalue weighted by molar-refractivity contribution is -0.143. The van der Waals surface area contributed by atoms with Crippen LogP contribution in [0.2, 0.25) is 0 Å². The topological polar surface area (TPSA) is 87.7 Å². The summed E-state index contributed by atoms with van der Waals surface area (Å²) in [6.07, 6.45) is 22.8. The Morgan fingerprint density at radius 3 is 1.95 bits per heavy atom. The van der Waals surface area contributed by atoms with Crippen LogP contribution in [0.25, 0.3) is 0 Å². The first-order chi connectivity index (χ1) is 21.5. The zero-order valence-electron chi connectivity index (χ0n) is 28.9. The molecular formula is C36H69N3O4S. The molecule has 1 rings (SSSR count). The Bertz CT molecular complexity index is 717. The molecule has 0 spiro atoms. The van der Waals surface area contributed by atoms with Crippen molar-refractivity contribution < 1.29 is 19.1 Å². The summed E-state index contributed by atoms with van der Waals surface area (Å²) >= 11 is 1.66. The van der Waals surface area contributed by atoms with Crippen molar-refractivity contribution >= 4 is 29.5 Å². The summed E-state index contributed by atoms with van der Waals surface area (Å²) in [5.41, 5.74) is 0. The predicted octanol–water partition coefficient (Wildman–Crippen LogP) is 8.05. The van der Waals surface area contributed by atoms with Crippen LogP contribution in [0.3, 0.4) is 0 Å². The van der Waals surface area contributed by atoms with Crippen LogP contribution in [0.5, 0.6) is 0 Å². The Morgan fingerprint density at radius 2 is 1.30 bits per heavy atom. The number of nitrogens with zero attached hydrogens (tertiary/aromatic N) is 1. The van der Waals surface area contributed by atoms with Gasteiger partial charge in [-0.2, -0.15) is 11.8 Å². The number of piperidine rings is 1. The third-order valence-electron chi connectivity index (χ3n) is 8.75. The van der Waals surface area contributed by atoms with E-state index in [1.54, 1.807) is 11.8 Å². The van der Waals surface area contributed by atoms with Crippen LogP contribution in [0.4, 0.5) is 0 Å². The molecule has 8 heteroatoms. The van der Waals surface area contributed by atoms with Crippen LogP contribution in [0, 0.1) is 5.92 Å². The van der Waals surface area contributed by atoms with Crippen molar-refractivity contribution in [1.82, 2.24) is 15.5 Å². The summed E-state index contributed by atoms with van der Waals surface area (Å²) < 4.78 is 5.36. The number of thioether (sulfide) groups is 1. The van der Waals surface area contributed by atoms with E-state index in [1.807, 2.05) is 0 Å². The molecule has 0 aromatic heterocycles. The number of ether oxygens (including phenoxy) is 1. The maximum Gasteiger partial charge on any atom is 0.306 e. The van der Waals surface area contributed by atoms with Gasteiger partial charge in [0.05, 0.1) is 13.0 Å². The van der Waals surface area contributed by atoms with E-state index in [2.05, 4.69) is 36.3 Å². The number of carbonyl (C=O) groups excluding carboxylic acids is 3. The van der Waals surface area contributed by atoms with Gasteiger partial charge >= 0.3 is 5.97 Å². The molecular weight excluding hydrogens is 570 g/mol. The second-order valence-corrected chi connectivity index (χ2v) is 14.0. The van der Waals surface area contributed by atoms with Gasteiger partial charge in [0.15, 0.2) is 0 Å². The molecule has 0 aromatic carbocycles. The Kier molecular flexibility index (Phi) is 27.0. The molecule has 2 atom stereocenters. The third kappa shape index (κ3) is 22.3. The minimum absolute atomic E-state index is 0.0265. The molecule has 2 unspecified atom stereocenters. The van der Waals surface area contributed by atoms with E-state index in [1.165, 1.54) is 77.0 Å². The van der Waals surface area contributed by atoms with Crippen molar-refractivity contribution in [2.75, 3.05) is 44.3 Å². The van der Waals surface area contributed by atoms with Gasteiger partial charge in [0.2, 0.25) is 11.8 Å². The fourth-order valence-electron chi connectivity index (χ4n) is 5.84. The van der Waals surface area contributed by atoms with Crippen molar-refractivity contribution in [1.29, 1.82) is 0 Å². The van der Waals surface area contributed by atoms with Crippen molar-refractivity contribution in [2.45, 2.75) is 162 Å². The maximum atomic E-state index is 13.6. The van der Waals surface area contributed by atoms with Gasteiger partial charge in [-0.15, -0.1) is 0 Å². The van der Waals surface area contributed by atoms with Crippen molar-refractivity contribution in [2.24, 2.45) is 5.92 Å². The molecule has 1 saturated heterocycles. The molecule has 2 N–H and O–H groups in total. The van der Waals surface area contributed by atoms with Crippen LogP contribution in [-0.2, 0) is 19.1 Å². The number of hydrogen-bond acceptors (Lipinski definition) is 6. The van der Waals surface area contributed by atoms with Crippen molar-refractivity contribution in [3.05, 3.63) is 0 Å². The lowest BCUT2D eigenvalue weighted by Crippen LogP contribution is -2.50. The zero-order chi connectivity index (χ0) is 32.1. The molecule has 0 aliphatic carbocycles. The highest BCUT2D eigenvalue weighted by Crippen LogP contribution is 2.20. The zero-order valence-corrected chi connectivity index (χ0v) is 29.8. The summed E-state index contributed by atoms with van der Waals surface area (Å²) in [6.45, 7) is 10.8. The second-order valence-electron chi connectivity index (χ2n) is 12.8. The molecule has 258 valence electrons. The summed E-state index contributed by atoms with van der Waals surface area (Å²) in [5.74, 6) is 1.18. The molecule has 1 fully saturated rings. The monoisotopic (exact) mass is 640 g/mol. The summed E-state index contributed by atoms with van der Waals surface area (Å²) in [7, 11) is 0. The number of unbranched alkanes of at least 4 members (excludes halogenated alkanes) is 11. The smallest absolute Gasteiger partial charge is 0.306 e. The molecule has 1 aliphatic rings. The van der Waals surface area contributed by atoms with Gasteiger partial charge in [0, 0.05) is 24.8 Å². The van der Waals surface area contributed by atoms with Gasteiger partial charge < -0.3 is 20.3 Å². The van der Waals surface area contributed by atoms with Gasteiger partial charge in [-0.3, -0.25) is 14.4 Å². The highest BCUT2D eigenvalue weighted by Gasteiger charge is 2.25. The quantitative estimate of drug-likeness (QED) is 0.0636. The fourth-order valence-corrected chi connectivity index (χ4v) is 6.76. The molecule has 1 heterocycles. The fraction of sp³-hybridized carbons (Fsp3) is 0.917. The SMILES string of the molecule is CCCCCCCCC(CCCCCC)C(=O)NC(CCSCCC(=O)OCCCCCC)C(=O)NCCN1CCCCC1. The van der Waals surface area contributed by atoms with Gasteiger partial charge in [0.1, 0.15) is 6.04 Å². The standard InChI is InChI=1S/C36H69N3O4S/c1-4-7-10-13-14-17-22-32(21-16-11-8-5-2)35(41)38-33(36(42)37-25-28-39-26-18-15-19-27-39)23-30-44-31-24-34(40)43-29-20-12-9-6-3/h32-33H,4-31H2,1-3H3,(H,37,42)(H,38,41). The average Bonchev–Trinajstić information content (AvgIpc) is 3.03. The minimum Gasteiger partial charge on any atom is -0.466 e. The summed E-state index contributed by atoms with van der Waals surface area (Å²) in [4.78, 5) is 41.4. The Labute approximate surface area is 275 Å². The third-order valence-corrected chi connectivity index (χ3v) is 9.77. The number of likely N-dealkylation sites (tertiary alicyclic amines) is 1. The van der Waals surface area contributed by atoms with E-state index < -0.39 is 6.04 Å². The van der Waals surface area contributed by atoms with Crippen LogP contribution in [-0.4, -0.2) is 73.0 Å². The maximum absolute atomic E-state index is 13.6. The van der Waals surface area contributed by atoms with Gasteiger partial charge in [0.25, 0.3) is 0 Å². The Balaban J connectivity index is 2.63. The molecule has 1 aliphatic heterocycles. The second kappa shape index (κ2) is 29.1. The number of rotatable bonds is 29. The van der Waals surface area contributed by atoms with E-state index in [9.17, 15) is 14.4 Å². The number of carbonyl (C=O) groups is 3. The molecule has 0 saturated carbocycles. The van der Waals surface area contributed by atoms with Crippen LogP contribution >= 0.6 is 11.8 Å². The first-order valence-electron chi connectivity index (χ1n) is 18.6. The molecule has 0 radical (unpaired) electrons. The van der Waals surface area contributed by atoms with Crippen molar-refractivity contribution in [3.63, 3.8) is 0 Å². The minimum atomic E-state index is -0.537. The van der Waals surface area contributed by atoms with Crippen LogP contribution in [0.1, 0.15) is 156 Å². The Morgan fingerprint density at radius 1 is 0.705 bits per heavy atom. The van der Waals surface area contributed by atoms with E-state index in [-0.39, 0.29) is 23.7 Å². The predicted molar refractivity (Wildman–Crippen MR) is 187 cm³/mol. The number of amides is 2. The molecule has 44 heavy (non-hydrogen) atoms. The van der Waals surface area contributed by atoms with Crippen LogP contribution in [0.15, 0.2) is 0 Å². The summed E-state index contributed by atoms with van der Waals surface area (Å²) in [5, 5.41) is 6.31.